The molecule has 0 radical (unpaired) electrons. The smallest absolute Gasteiger partial charge is 0.251 e. The van der Waals surface area contributed by atoms with Crippen LogP contribution in [0.3, 0.4) is 0 Å². The molecular formula is C50H53ClN8O6. The van der Waals surface area contributed by atoms with Crippen LogP contribution in [0.4, 0.5) is 5.82 Å². The maximum absolute atomic E-state index is 13.9. The normalized spacial score (nSPS) is 19.7. The topological polar surface area (TPSA) is 210 Å². The lowest BCUT2D eigenvalue weighted by molar-refractivity contribution is -0.164. The summed E-state index contributed by atoms with van der Waals surface area (Å²) in [5.74, 6) is 5.55. The molecule has 2 heterocycles. The Labute approximate surface area is 384 Å². The number of carbonyl (C=O) groups excluding carboxylic acids is 4. The van der Waals surface area contributed by atoms with Gasteiger partial charge in [-0.3, -0.25) is 19.2 Å². The summed E-state index contributed by atoms with van der Waals surface area (Å²) in [4.78, 5) is 59.5. The van der Waals surface area contributed by atoms with Crippen molar-refractivity contribution in [1.82, 2.24) is 25.8 Å². The minimum absolute atomic E-state index is 0.0496. The first-order valence-corrected chi connectivity index (χ1v) is 21.6. The number of aliphatic hydroxyl groups is 1. The Morgan fingerprint density at radius 3 is 2.15 bits per heavy atom. The molecule has 0 spiro atoms. The number of anilines is 1. The van der Waals surface area contributed by atoms with E-state index in [2.05, 4.69) is 50.2 Å². The van der Waals surface area contributed by atoms with Gasteiger partial charge in [0.25, 0.3) is 5.91 Å². The van der Waals surface area contributed by atoms with Crippen LogP contribution in [0.2, 0.25) is 5.02 Å². The van der Waals surface area contributed by atoms with Gasteiger partial charge in [-0.15, -0.1) is 0 Å². The molecule has 1 aliphatic carbocycles. The number of ether oxygens (including phenoxy) is 1. The van der Waals surface area contributed by atoms with Crippen molar-refractivity contribution in [3.8, 4) is 29.7 Å². The third kappa shape index (κ3) is 11.1. The molecule has 1 aromatic heterocycles. The number of aromatic nitrogens is 1. The lowest BCUT2D eigenvalue weighted by atomic mass is 9.49. The van der Waals surface area contributed by atoms with Gasteiger partial charge < -0.3 is 36.0 Å². The molecule has 2 aliphatic rings. The molecule has 0 bridgehead atoms. The summed E-state index contributed by atoms with van der Waals surface area (Å²) in [7, 11) is 0. The predicted octanol–water partition coefficient (Wildman–Crippen LogP) is 5.71. The Kier molecular flexibility index (Phi) is 14.2. The lowest BCUT2D eigenvalue weighted by Crippen LogP contribution is -2.74. The van der Waals surface area contributed by atoms with Gasteiger partial charge in [0.2, 0.25) is 17.7 Å². The number of carbonyl (C=O) groups is 4. The largest absolute Gasteiger partial charge is 0.489 e. The van der Waals surface area contributed by atoms with Crippen molar-refractivity contribution in [3.63, 3.8) is 0 Å². The van der Waals surface area contributed by atoms with Crippen LogP contribution >= 0.6 is 11.6 Å². The number of pyridine rings is 1. The van der Waals surface area contributed by atoms with Crippen LogP contribution < -0.4 is 26.0 Å². The van der Waals surface area contributed by atoms with E-state index >= 15 is 0 Å². The van der Waals surface area contributed by atoms with Crippen LogP contribution in [0.5, 0.6) is 5.75 Å². The van der Waals surface area contributed by atoms with Crippen molar-refractivity contribution in [2.45, 2.75) is 91.8 Å². The fraction of sp³-hybridized carbons (Fsp3) is 0.380. The molecule has 1 saturated heterocycles. The number of benzene rings is 3. The maximum Gasteiger partial charge on any atom is 0.251 e. The van der Waals surface area contributed by atoms with E-state index in [1.165, 1.54) is 4.90 Å². The second-order valence-electron chi connectivity index (χ2n) is 18.7. The van der Waals surface area contributed by atoms with E-state index in [0.29, 0.717) is 44.4 Å². The summed E-state index contributed by atoms with van der Waals surface area (Å²) in [5, 5.41) is 40.9. The number of nitriles is 2. The van der Waals surface area contributed by atoms with Gasteiger partial charge in [0.05, 0.1) is 34.9 Å². The Morgan fingerprint density at radius 1 is 0.908 bits per heavy atom. The van der Waals surface area contributed by atoms with Gasteiger partial charge >= 0.3 is 0 Å². The summed E-state index contributed by atoms with van der Waals surface area (Å²) in [6.45, 7) is 13.6. The van der Waals surface area contributed by atoms with Crippen LogP contribution in [0, 0.1) is 50.7 Å². The zero-order valence-electron chi connectivity index (χ0n) is 37.5. The summed E-state index contributed by atoms with van der Waals surface area (Å²) in [6, 6.07) is 24.2. The molecule has 3 atom stereocenters. The summed E-state index contributed by atoms with van der Waals surface area (Å²) >= 11 is 6.23. The Hall–Kier alpha value is -6.92. The van der Waals surface area contributed by atoms with E-state index in [0.717, 1.165) is 5.56 Å². The van der Waals surface area contributed by atoms with E-state index in [1.54, 1.807) is 85.1 Å². The number of amides is 4. The Bertz CT molecular complexity index is 2570. The monoisotopic (exact) mass is 896 g/mol. The van der Waals surface area contributed by atoms with Crippen LogP contribution in [-0.4, -0.2) is 82.0 Å². The summed E-state index contributed by atoms with van der Waals surface area (Å²) in [6.07, 6.45) is 0.495. The number of aliphatic hydroxyl groups excluding tert-OH is 1. The number of hydrogen-bond acceptors (Lipinski definition) is 10. The third-order valence-corrected chi connectivity index (χ3v) is 12.3. The first-order valence-electron chi connectivity index (χ1n) is 21.2. The van der Waals surface area contributed by atoms with Crippen molar-refractivity contribution in [2.75, 3.05) is 18.4 Å². The zero-order chi connectivity index (χ0) is 47.3. The number of nitrogens with zero attached hydrogens (tertiary/aromatic N) is 4. The van der Waals surface area contributed by atoms with Gasteiger partial charge in [0.1, 0.15) is 35.8 Å². The summed E-state index contributed by atoms with van der Waals surface area (Å²) in [5.41, 5.74) is 1.91. The number of hydrogen-bond donors (Lipinski definition) is 5. The first kappa shape index (κ1) is 47.6. The van der Waals surface area contributed by atoms with Crippen LogP contribution in [-0.2, 0) is 20.9 Å². The fourth-order valence-electron chi connectivity index (χ4n) is 8.74. The maximum atomic E-state index is 13.9. The standard InChI is InChI=1S/C50H53ClN8O6/c1-48(2,3)42(45(64)59-29-36(60)22-39(59)44(63)56-27-32-12-9-31(24-52)10-13-32)57-41(61)28-55-40-21-16-33(26-54-40)11-8-30-14-17-34(18-15-30)43(62)58-46-49(4,5)47(50(46,6)7)65-37-20-19-35(25-53)38(51)23-37/h9-10,12-21,23,26,36,39,42,46-47,60H,22,27-29H2,1-7H3,(H,54,55)(H,56,63)(H,57,61)(H,58,62)/t36-,39+,42?,46-,47-/m1/s1. The van der Waals surface area contributed by atoms with Gasteiger partial charge in [0.15, 0.2) is 0 Å². The molecule has 14 nitrogen and oxygen atoms in total. The minimum Gasteiger partial charge on any atom is -0.489 e. The number of nitrogens with one attached hydrogen (secondary N) is 4. The van der Waals surface area contributed by atoms with Gasteiger partial charge in [-0.1, -0.05) is 84.0 Å². The molecule has 1 aliphatic heterocycles. The molecule has 4 amide bonds. The Morgan fingerprint density at radius 2 is 1.55 bits per heavy atom. The molecule has 4 aromatic rings. The van der Waals surface area contributed by atoms with E-state index in [-0.39, 0.29) is 44.1 Å². The molecule has 15 heteroatoms. The Balaban J connectivity index is 0.989. The molecular weight excluding hydrogens is 844 g/mol. The number of rotatable bonds is 12. The number of halogens is 1. The van der Waals surface area contributed by atoms with Gasteiger partial charge in [-0.2, -0.15) is 10.5 Å². The van der Waals surface area contributed by atoms with Gasteiger partial charge in [-0.25, -0.2) is 4.98 Å². The molecule has 3 aromatic carbocycles. The molecule has 1 saturated carbocycles. The predicted molar refractivity (Wildman–Crippen MR) is 245 cm³/mol. The van der Waals surface area contributed by atoms with Crippen molar-refractivity contribution < 1.29 is 29.0 Å². The van der Waals surface area contributed by atoms with Crippen molar-refractivity contribution in [1.29, 1.82) is 10.5 Å². The quantitative estimate of drug-likeness (QED) is 0.109. The average molecular weight is 897 g/mol. The van der Waals surface area contributed by atoms with E-state index in [9.17, 15) is 29.5 Å². The molecule has 336 valence electrons. The highest BCUT2D eigenvalue weighted by atomic mass is 35.5. The highest BCUT2D eigenvalue weighted by Crippen LogP contribution is 2.55. The van der Waals surface area contributed by atoms with Crippen LogP contribution in [0.1, 0.15) is 93.1 Å². The van der Waals surface area contributed by atoms with E-state index in [1.807, 2.05) is 48.5 Å². The SMILES string of the molecule is CC(C)(C)C(NC(=O)CNc1ccc(C#Cc2ccc(C(=O)N[C@H]3C(C)(C)[C@H](Oc4ccc(C#N)c(Cl)c4)C3(C)C)cc2)cn1)C(=O)N1C[C@H](O)C[C@H]1C(=O)NCc1ccc(C#N)cc1. The van der Waals surface area contributed by atoms with Crippen molar-refractivity contribution in [3.05, 3.63) is 123 Å². The average Bonchev–Trinajstić information content (AvgIpc) is 3.68. The second kappa shape index (κ2) is 19.4. The minimum atomic E-state index is -0.998. The van der Waals surface area contributed by atoms with Gasteiger partial charge in [0, 0.05) is 65.3 Å². The highest BCUT2D eigenvalue weighted by molar-refractivity contribution is 6.31. The lowest BCUT2D eigenvalue weighted by Gasteiger charge is -2.63. The molecule has 1 unspecified atom stereocenters. The highest BCUT2D eigenvalue weighted by Gasteiger charge is 2.64. The molecule has 65 heavy (non-hydrogen) atoms. The second-order valence-corrected chi connectivity index (χ2v) is 19.1. The van der Waals surface area contributed by atoms with E-state index < -0.39 is 52.2 Å². The number of β-amino-alcohol motifs (C(OH)–C–C–N with tert-alkyl or cyclic N) is 1. The van der Waals surface area contributed by atoms with Crippen LogP contribution in [0.15, 0.2) is 85.1 Å². The number of likely N-dealkylation sites (tertiary alicyclic amines) is 1. The third-order valence-electron chi connectivity index (χ3n) is 12.0. The molecule has 6 rings (SSSR count). The molecule has 2 fully saturated rings. The first-order chi connectivity index (χ1) is 30.7. The summed E-state index contributed by atoms with van der Waals surface area (Å²) < 4.78 is 6.34. The van der Waals surface area contributed by atoms with Gasteiger partial charge in [-0.05, 0) is 71.6 Å². The molecule has 5 N–H and O–H groups in total. The van der Waals surface area contributed by atoms with E-state index in [4.69, 9.17) is 21.6 Å². The van der Waals surface area contributed by atoms with Crippen molar-refractivity contribution >= 4 is 41.0 Å². The fourth-order valence-corrected chi connectivity index (χ4v) is 8.95. The van der Waals surface area contributed by atoms with Crippen LogP contribution in [0.25, 0.3) is 0 Å². The van der Waals surface area contributed by atoms with Crippen molar-refractivity contribution in [2.24, 2.45) is 16.2 Å². The zero-order valence-corrected chi connectivity index (χ0v) is 38.2.